The van der Waals surface area contributed by atoms with Gasteiger partial charge in [0.05, 0.1) is 12.7 Å². The largest absolute Gasteiger partial charge is 0.391 e. The Labute approximate surface area is 121 Å². The lowest BCUT2D eigenvalue weighted by Crippen LogP contribution is -2.52. The number of carbonyl (C=O) groups is 1. The van der Waals surface area contributed by atoms with Crippen molar-refractivity contribution in [1.82, 2.24) is 10.2 Å². The summed E-state index contributed by atoms with van der Waals surface area (Å²) in [6.45, 7) is 2.45. The maximum atomic E-state index is 11.7. The molecule has 0 radical (unpaired) electrons. The number of hydrogen-bond donors (Lipinski definition) is 2. The number of methoxy groups -OCH3 is 1. The second-order valence-electron chi connectivity index (χ2n) is 6.04. The molecule has 0 aromatic heterocycles. The Bertz CT molecular complexity index is 303. The fourth-order valence-electron chi connectivity index (χ4n) is 3.39. The van der Waals surface area contributed by atoms with E-state index in [1.165, 1.54) is 6.42 Å². The molecule has 1 aliphatic heterocycles. The van der Waals surface area contributed by atoms with E-state index in [0.717, 1.165) is 45.2 Å². The van der Waals surface area contributed by atoms with Gasteiger partial charge in [0.15, 0.2) is 0 Å². The summed E-state index contributed by atoms with van der Waals surface area (Å²) in [7, 11) is 1.61. The van der Waals surface area contributed by atoms with Crippen LogP contribution in [-0.2, 0) is 9.53 Å². The number of hydrogen-bond acceptors (Lipinski definition) is 4. The van der Waals surface area contributed by atoms with Crippen molar-refractivity contribution in [3.63, 3.8) is 0 Å². The molecule has 5 heteroatoms. The summed E-state index contributed by atoms with van der Waals surface area (Å²) >= 11 is 0. The van der Waals surface area contributed by atoms with Crippen LogP contribution in [0.15, 0.2) is 0 Å². The molecule has 2 rings (SSSR count). The number of nitrogens with one attached hydrogen (secondary N) is 1. The van der Waals surface area contributed by atoms with E-state index in [4.69, 9.17) is 4.74 Å². The third-order valence-corrected chi connectivity index (χ3v) is 4.59. The molecule has 2 aliphatic rings. The molecule has 0 spiro atoms. The maximum absolute atomic E-state index is 11.7. The summed E-state index contributed by atoms with van der Waals surface area (Å²) in [6, 6.07) is 0.630. The van der Waals surface area contributed by atoms with Gasteiger partial charge < -0.3 is 15.2 Å². The van der Waals surface area contributed by atoms with Gasteiger partial charge in [-0.05, 0) is 25.7 Å². The van der Waals surface area contributed by atoms with E-state index in [1.54, 1.807) is 7.11 Å². The van der Waals surface area contributed by atoms with Crippen molar-refractivity contribution in [2.45, 2.75) is 63.1 Å². The van der Waals surface area contributed by atoms with Gasteiger partial charge in [-0.3, -0.25) is 9.69 Å². The lowest BCUT2D eigenvalue weighted by Gasteiger charge is -2.41. The Kier molecular flexibility index (Phi) is 6.26. The molecule has 0 aromatic carbocycles. The molecular weight excluding hydrogens is 256 g/mol. The molecule has 1 saturated heterocycles. The summed E-state index contributed by atoms with van der Waals surface area (Å²) in [5.41, 5.74) is 0. The van der Waals surface area contributed by atoms with Crippen molar-refractivity contribution in [3.05, 3.63) is 0 Å². The second kappa shape index (κ2) is 7.96. The van der Waals surface area contributed by atoms with E-state index in [-0.39, 0.29) is 18.1 Å². The van der Waals surface area contributed by atoms with Crippen LogP contribution in [0.1, 0.15) is 44.9 Å². The smallest absolute Gasteiger partial charge is 0.222 e. The van der Waals surface area contributed by atoms with Gasteiger partial charge >= 0.3 is 0 Å². The molecule has 5 nitrogen and oxygen atoms in total. The first-order valence-electron chi connectivity index (χ1n) is 7.91. The Hall–Kier alpha value is -0.650. The van der Waals surface area contributed by atoms with Crippen molar-refractivity contribution in [2.75, 3.05) is 26.8 Å². The van der Waals surface area contributed by atoms with Crippen LogP contribution in [0.25, 0.3) is 0 Å². The summed E-state index contributed by atoms with van der Waals surface area (Å²) < 4.78 is 4.91. The van der Waals surface area contributed by atoms with Crippen LogP contribution in [0.3, 0.4) is 0 Å². The zero-order chi connectivity index (χ0) is 14.4. The molecule has 2 N–H and O–H groups in total. The number of aliphatic hydroxyl groups is 1. The van der Waals surface area contributed by atoms with Crippen LogP contribution in [0.4, 0.5) is 0 Å². The number of piperidine rings is 1. The van der Waals surface area contributed by atoms with Gasteiger partial charge in [0.2, 0.25) is 5.91 Å². The Morgan fingerprint density at radius 3 is 2.60 bits per heavy atom. The Morgan fingerprint density at radius 2 is 1.95 bits per heavy atom. The minimum Gasteiger partial charge on any atom is -0.391 e. The topological polar surface area (TPSA) is 61.8 Å². The molecular formula is C15H28N2O3. The number of ether oxygens (including phenoxy) is 1. The van der Waals surface area contributed by atoms with Crippen LogP contribution in [0.5, 0.6) is 0 Å². The molecule has 2 fully saturated rings. The predicted octanol–water partition coefficient (Wildman–Crippen LogP) is 0.907. The molecule has 2 unspecified atom stereocenters. The third kappa shape index (κ3) is 4.43. The zero-order valence-electron chi connectivity index (χ0n) is 12.5. The van der Waals surface area contributed by atoms with Gasteiger partial charge in [0.25, 0.3) is 0 Å². The summed E-state index contributed by atoms with van der Waals surface area (Å²) in [5, 5.41) is 13.2. The minimum atomic E-state index is -0.156. The van der Waals surface area contributed by atoms with Crippen molar-refractivity contribution in [3.8, 4) is 0 Å². The lowest BCUT2D eigenvalue weighted by atomic mass is 9.89. The number of amides is 1. The van der Waals surface area contributed by atoms with Crippen molar-refractivity contribution >= 4 is 5.91 Å². The molecule has 0 bridgehead atoms. The monoisotopic (exact) mass is 284 g/mol. The summed E-state index contributed by atoms with van der Waals surface area (Å²) in [5.74, 6) is 0.0861. The lowest BCUT2D eigenvalue weighted by molar-refractivity contribution is -0.123. The quantitative estimate of drug-likeness (QED) is 0.788. The van der Waals surface area contributed by atoms with Crippen LogP contribution in [-0.4, -0.2) is 60.9 Å². The number of likely N-dealkylation sites (tertiary alicyclic amines) is 1. The first kappa shape index (κ1) is 15.7. The maximum Gasteiger partial charge on any atom is 0.222 e. The fraction of sp³-hybridized carbons (Fsp3) is 0.933. The molecule has 1 aliphatic carbocycles. The zero-order valence-corrected chi connectivity index (χ0v) is 12.5. The highest BCUT2D eigenvalue weighted by atomic mass is 16.5. The average molecular weight is 284 g/mol. The first-order valence-corrected chi connectivity index (χ1v) is 7.91. The van der Waals surface area contributed by atoms with Crippen LogP contribution in [0, 0.1) is 0 Å². The number of aliphatic hydroxyl groups excluding tert-OH is 1. The highest BCUT2D eigenvalue weighted by molar-refractivity contribution is 5.76. The van der Waals surface area contributed by atoms with Crippen molar-refractivity contribution in [2.24, 2.45) is 0 Å². The number of nitrogens with zero attached hydrogens (tertiary/aromatic N) is 1. The first-order chi connectivity index (χ1) is 9.70. The van der Waals surface area contributed by atoms with Crippen molar-refractivity contribution < 1.29 is 14.6 Å². The van der Waals surface area contributed by atoms with E-state index in [1.807, 2.05) is 0 Å². The third-order valence-electron chi connectivity index (χ3n) is 4.59. The minimum absolute atomic E-state index is 0.0861. The normalized spacial score (nSPS) is 29.3. The van der Waals surface area contributed by atoms with Crippen LogP contribution >= 0.6 is 0 Å². The van der Waals surface area contributed by atoms with Crippen molar-refractivity contribution in [1.29, 1.82) is 0 Å². The summed E-state index contributed by atoms with van der Waals surface area (Å²) in [4.78, 5) is 14.1. The SMILES string of the molecule is COCCC(=O)NC1CCN(C2CCCCC2O)CC1. The van der Waals surface area contributed by atoms with E-state index < -0.39 is 0 Å². The summed E-state index contributed by atoms with van der Waals surface area (Å²) in [6.07, 6.45) is 6.71. The molecule has 20 heavy (non-hydrogen) atoms. The number of rotatable bonds is 5. The van der Waals surface area contributed by atoms with Gasteiger partial charge in [-0.2, -0.15) is 0 Å². The van der Waals surface area contributed by atoms with Gasteiger partial charge in [-0.15, -0.1) is 0 Å². The fourth-order valence-corrected chi connectivity index (χ4v) is 3.39. The molecule has 1 saturated carbocycles. The molecule has 0 aromatic rings. The molecule has 116 valence electrons. The van der Waals surface area contributed by atoms with Gasteiger partial charge in [0, 0.05) is 38.7 Å². The van der Waals surface area contributed by atoms with E-state index in [9.17, 15) is 9.90 Å². The second-order valence-corrected chi connectivity index (χ2v) is 6.04. The Morgan fingerprint density at radius 1 is 1.25 bits per heavy atom. The van der Waals surface area contributed by atoms with Gasteiger partial charge in [-0.25, -0.2) is 0 Å². The molecule has 2 atom stereocenters. The molecule has 1 amide bonds. The highest BCUT2D eigenvalue weighted by Gasteiger charge is 2.31. The number of carbonyl (C=O) groups excluding carboxylic acids is 1. The average Bonchev–Trinajstić information content (AvgIpc) is 2.47. The van der Waals surface area contributed by atoms with Gasteiger partial charge in [-0.1, -0.05) is 12.8 Å². The Balaban J connectivity index is 1.70. The highest BCUT2D eigenvalue weighted by Crippen LogP contribution is 2.25. The van der Waals surface area contributed by atoms with Crippen LogP contribution < -0.4 is 5.32 Å². The van der Waals surface area contributed by atoms with Crippen LogP contribution in [0.2, 0.25) is 0 Å². The predicted molar refractivity (Wildman–Crippen MR) is 77.5 cm³/mol. The van der Waals surface area contributed by atoms with Gasteiger partial charge in [0.1, 0.15) is 0 Å². The van der Waals surface area contributed by atoms with E-state index in [2.05, 4.69) is 10.2 Å². The molecule has 1 heterocycles. The van der Waals surface area contributed by atoms with E-state index in [0.29, 0.717) is 19.1 Å². The standard InChI is InChI=1S/C15H28N2O3/c1-20-11-8-15(19)16-12-6-9-17(10-7-12)13-4-2-3-5-14(13)18/h12-14,18H,2-11H2,1H3,(H,16,19). The van der Waals surface area contributed by atoms with E-state index >= 15 is 0 Å².